The number of hydrogen-bond donors (Lipinski definition) is 0. The third-order valence-electron chi connectivity index (χ3n) is 4.79. The topological polar surface area (TPSA) is 45.7 Å². The predicted octanol–water partition coefficient (Wildman–Crippen LogP) is 2.08. The lowest BCUT2D eigenvalue weighted by Crippen LogP contribution is -2.48. The molecule has 2 fully saturated rings. The number of ether oxygens (including phenoxy) is 1. The second-order valence-electron chi connectivity index (χ2n) is 6.51. The van der Waals surface area contributed by atoms with Gasteiger partial charge in [0, 0.05) is 51.9 Å². The number of aromatic nitrogens is 1. The lowest BCUT2D eigenvalue weighted by Gasteiger charge is -2.35. The Labute approximate surface area is 138 Å². The lowest BCUT2D eigenvalue weighted by atomic mass is 10.0. The van der Waals surface area contributed by atoms with E-state index in [9.17, 15) is 4.79 Å². The molecule has 0 N–H and O–H groups in total. The van der Waals surface area contributed by atoms with Crippen LogP contribution >= 0.6 is 0 Å². The second-order valence-corrected chi connectivity index (χ2v) is 6.51. The number of carbonyl (C=O) groups is 1. The highest BCUT2D eigenvalue weighted by atomic mass is 16.5. The van der Waals surface area contributed by atoms with Gasteiger partial charge in [-0.05, 0) is 37.8 Å². The number of pyridine rings is 1. The quantitative estimate of drug-likeness (QED) is 0.834. The molecule has 5 nitrogen and oxygen atoms in total. The van der Waals surface area contributed by atoms with E-state index in [0.29, 0.717) is 12.5 Å². The van der Waals surface area contributed by atoms with Crippen LogP contribution in [0.3, 0.4) is 0 Å². The van der Waals surface area contributed by atoms with Crippen LogP contribution in [-0.4, -0.2) is 59.6 Å². The summed E-state index contributed by atoms with van der Waals surface area (Å²) in [5.74, 6) is 0.289. The van der Waals surface area contributed by atoms with E-state index in [2.05, 4.69) is 16.0 Å². The van der Waals surface area contributed by atoms with Crippen molar-refractivity contribution in [1.29, 1.82) is 0 Å². The fourth-order valence-corrected chi connectivity index (χ4v) is 3.35. The Balaban J connectivity index is 1.37. The normalized spacial score (nSPS) is 23.0. The van der Waals surface area contributed by atoms with Crippen molar-refractivity contribution in [3.05, 3.63) is 30.1 Å². The monoisotopic (exact) mass is 317 g/mol. The fourth-order valence-electron chi connectivity index (χ4n) is 3.35. The molecule has 5 heteroatoms. The molecule has 0 aliphatic carbocycles. The van der Waals surface area contributed by atoms with Gasteiger partial charge < -0.3 is 9.64 Å². The maximum atomic E-state index is 12.3. The molecule has 2 aliphatic rings. The van der Waals surface area contributed by atoms with E-state index in [1.807, 2.05) is 23.2 Å². The summed E-state index contributed by atoms with van der Waals surface area (Å²) < 4.78 is 5.71. The summed E-state index contributed by atoms with van der Waals surface area (Å²) in [6.45, 7) is 5.27. The number of piperazine rings is 1. The SMILES string of the molecule is O=C(CCC1CCCCO1)N1CCN(Cc2ccccn2)CC1. The van der Waals surface area contributed by atoms with Crippen molar-refractivity contribution in [2.75, 3.05) is 32.8 Å². The van der Waals surface area contributed by atoms with Crippen molar-refractivity contribution in [3.8, 4) is 0 Å². The fraction of sp³-hybridized carbons (Fsp3) is 0.667. The molecule has 0 spiro atoms. The van der Waals surface area contributed by atoms with Crippen molar-refractivity contribution < 1.29 is 9.53 Å². The highest BCUT2D eigenvalue weighted by molar-refractivity contribution is 5.76. The van der Waals surface area contributed by atoms with Gasteiger partial charge in [-0.1, -0.05) is 6.07 Å². The molecule has 1 unspecified atom stereocenters. The minimum absolute atomic E-state index is 0.289. The smallest absolute Gasteiger partial charge is 0.222 e. The summed E-state index contributed by atoms with van der Waals surface area (Å²) >= 11 is 0. The molecule has 0 radical (unpaired) electrons. The molecule has 0 saturated carbocycles. The summed E-state index contributed by atoms with van der Waals surface area (Å²) in [7, 11) is 0. The molecule has 1 atom stereocenters. The minimum atomic E-state index is 0.289. The van der Waals surface area contributed by atoms with Gasteiger partial charge in [0.1, 0.15) is 0 Å². The first-order chi connectivity index (χ1) is 11.3. The van der Waals surface area contributed by atoms with E-state index < -0.39 is 0 Å². The Bertz CT molecular complexity index is 480. The zero-order chi connectivity index (χ0) is 15.9. The lowest BCUT2D eigenvalue weighted by molar-refractivity contribution is -0.134. The van der Waals surface area contributed by atoms with E-state index in [-0.39, 0.29) is 5.91 Å². The molecule has 1 aromatic rings. The van der Waals surface area contributed by atoms with Crippen molar-refractivity contribution in [3.63, 3.8) is 0 Å². The number of amides is 1. The summed E-state index contributed by atoms with van der Waals surface area (Å²) in [4.78, 5) is 21.1. The summed E-state index contributed by atoms with van der Waals surface area (Å²) in [5, 5.41) is 0. The van der Waals surface area contributed by atoms with Gasteiger partial charge in [-0.2, -0.15) is 0 Å². The molecule has 23 heavy (non-hydrogen) atoms. The maximum absolute atomic E-state index is 12.3. The third kappa shape index (κ3) is 5.01. The highest BCUT2D eigenvalue weighted by Crippen LogP contribution is 2.18. The van der Waals surface area contributed by atoms with Crippen molar-refractivity contribution >= 4 is 5.91 Å². The van der Waals surface area contributed by atoms with Gasteiger partial charge in [-0.15, -0.1) is 0 Å². The number of hydrogen-bond acceptors (Lipinski definition) is 4. The second kappa shape index (κ2) is 8.41. The van der Waals surface area contributed by atoms with Crippen LogP contribution < -0.4 is 0 Å². The first-order valence-corrected chi connectivity index (χ1v) is 8.83. The van der Waals surface area contributed by atoms with Gasteiger partial charge in [0.15, 0.2) is 0 Å². The van der Waals surface area contributed by atoms with E-state index in [1.54, 1.807) is 0 Å². The molecule has 1 amide bonds. The Morgan fingerprint density at radius 2 is 2.09 bits per heavy atom. The molecular weight excluding hydrogens is 290 g/mol. The number of rotatable bonds is 5. The number of carbonyl (C=O) groups excluding carboxylic acids is 1. The molecule has 2 aliphatic heterocycles. The van der Waals surface area contributed by atoms with Gasteiger partial charge in [0.2, 0.25) is 5.91 Å². The van der Waals surface area contributed by atoms with Gasteiger partial charge in [0.25, 0.3) is 0 Å². The van der Waals surface area contributed by atoms with Gasteiger partial charge in [-0.25, -0.2) is 0 Å². The summed E-state index contributed by atoms with van der Waals surface area (Å²) in [5.41, 5.74) is 1.10. The van der Waals surface area contributed by atoms with Crippen molar-refractivity contribution in [2.45, 2.75) is 44.8 Å². The number of nitrogens with zero attached hydrogens (tertiary/aromatic N) is 3. The zero-order valence-corrected chi connectivity index (χ0v) is 13.8. The standard InChI is InChI=1S/C18H27N3O2/c22-18(8-7-17-6-2-4-14-23-17)21-12-10-20(11-13-21)15-16-5-1-3-9-19-16/h1,3,5,9,17H,2,4,6-8,10-15H2. The molecule has 3 rings (SSSR count). The van der Waals surface area contributed by atoms with Crippen molar-refractivity contribution in [1.82, 2.24) is 14.8 Å². The molecule has 0 bridgehead atoms. The average Bonchev–Trinajstić information content (AvgIpc) is 2.62. The average molecular weight is 317 g/mol. The molecular formula is C18H27N3O2. The maximum Gasteiger partial charge on any atom is 0.222 e. The predicted molar refractivity (Wildman–Crippen MR) is 88.9 cm³/mol. The molecule has 0 aromatic carbocycles. The van der Waals surface area contributed by atoms with Crippen LogP contribution in [0.2, 0.25) is 0 Å². The van der Waals surface area contributed by atoms with Crippen LogP contribution in [-0.2, 0) is 16.1 Å². The van der Waals surface area contributed by atoms with E-state index in [1.165, 1.54) is 12.8 Å². The molecule has 1 aromatic heterocycles. The summed E-state index contributed by atoms with van der Waals surface area (Å²) in [6, 6.07) is 6.02. The first kappa shape index (κ1) is 16.4. The zero-order valence-electron chi connectivity index (χ0n) is 13.8. The Morgan fingerprint density at radius 1 is 1.22 bits per heavy atom. The molecule has 3 heterocycles. The van der Waals surface area contributed by atoms with E-state index in [4.69, 9.17) is 4.74 Å². The van der Waals surface area contributed by atoms with Crippen LogP contribution in [0, 0.1) is 0 Å². The van der Waals surface area contributed by atoms with Crippen molar-refractivity contribution in [2.24, 2.45) is 0 Å². The van der Waals surface area contributed by atoms with Crippen LogP contribution in [0.15, 0.2) is 24.4 Å². The van der Waals surface area contributed by atoms with E-state index in [0.717, 1.165) is 57.9 Å². The minimum Gasteiger partial charge on any atom is -0.378 e. The van der Waals surface area contributed by atoms with Gasteiger partial charge in [-0.3, -0.25) is 14.7 Å². The highest BCUT2D eigenvalue weighted by Gasteiger charge is 2.22. The first-order valence-electron chi connectivity index (χ1n) is 8.83. The Morgan fingerprint density at radius 3 is 2.78 bits per heavy atom. The van der Waals surface area contributed by atoms with Crippen LogP contribution in [0.1, 0.15) is 37.8 Å². The van der Waals surface area contributed by atoms with Gasteiger partial charge in [0.05, 0.1) is 11.8 Å². The van der Waals surface area contributed by atoms with Crippen LogP contribution in [0.25, 0.3) is 0 Å². The van der Waals surface area contributed by atoms with Gasteiger partial charge >= 0.3 is 0 Å². The third-order valence-corrected chi connectivity index (χ3v) is 4.79. The largest absolute Gasteiger partial charge is 0.378 e. The van der Waals surface area contributed by atoms with Crippen LogP contribution in [0.5, 0.6) is 0 Å². The Kier molecular flexibility index (Phi) is 6.00. The Hall–Kier alpha value is -1.46. The molecule has 126 valence electrons. The van der Waals surface area contributed by atoms with E-state index >= 15 is 0 Å². The van der Waals surface area contributed by atoms with Crippen LogP contribution in [0.4, 0.5) is 0 Å². The molecule has 2 saturated heterocycles. The summed E-state index contributed by atoms with van der Waals surface area (Å²) in [6.07, 6.45) is 7.18.